The molecule has 3 rings (SSSR count). The van der Waals surface area contributed by atoms with Crippen LogP contribution in [0.1, 0.15) is 58.8 Å². The largest absolute Gasteiger partial charge is 0.375 e. The molecule has 3 aliphatic rings. The van der Waals surface area contributed by atoms with E-state index in [2.05, 4.69) is 31.1 Å². The highest BCUT2D eigenvalue weighted by Crippen LogP contribution is 2.40. The lowest BCUT2D eigenvalue weighted by Crippen LogP contribution is -2.57. The average Bonchev–Trinajstić information content (AvgIpc) is 2.47. The summed E-state index contributed by atoms with van der Waals surface area (Å²) in [6.07, 6.45) is 10.1. The summed E-state index contributed by atoms with van der Waals surface area (Å²) in [6.45, 7) is 8.27. The van der Waals surface area contributed by atoms with Crippen molar-refractivity contribution in [1.82, 2.24) is 10.2 Å². The van der Waals surface area contributed by atoms with Gasteiger partial charge in [0, 0.05) is 25.2 Å². The van der Waals surface area contributed by atoms with Crippen LogP contribution in [-0.4, -0.2) is 49.8 Å². The van der Waals surface area contributed by atoms with Gasteiger partial charge in [0.05, 0.1) is 12.7 Å². The first kappa shape index (κ1) is 15.8. The fourth-order valence-electron chi connectivity index (χ4n) is 5.31. The number of fused-ring (bicyclic) bond motifs is 1. The van der Waals surface area contributed by atoms with E-state index in [9.17, 15) is 0 Å². The Bertz CT molecular complexity index is 342. The second-order valence-corrected chi connectivity index (χ2v) is 8.16. The Morgan fingerprint density at radius 3 is 2.76 bits per heavy atom. The van der Waals surface area contributed by atoms with Gasteiger partial charge >= 0.3 is 0 Å². The molecule has 4 unspecified atom stereocenters. The molecule has 1 heterocycles. The summed E-state index contributed by atoms with van der Waals surface area (Å²) in [5.74, 6) is 0.805. The van der Waals surface area contributed by atoms with Gasteiger partial charge in [-0.2, -0.15) is 0 Å². The molecule has 0 spiro atoms. The Kier molecular flexibility index (Phi) is 4.92. The lowest BCUT2D eigenvalue weighted by molar-refractivity contribution is -0.0966. The van der Waals surface area contributed by atoms with Crippen molar-refractivity contribution in [3.63, 3.8) is 0 Å². The first-order chi connectivity index (χ1) is 10.1. The summed E-state index contributed by atoms with van der Waals surface area (Å²) in [5, 5.41) is 3.65. The van der Waals surface area contributed by atoms with Crippen LogP contribution in [0.15, 0.2) is 0 Å². The number of ether oxygens (including phenoxy) is 1. The second-order valence-electron chi connectivity index (χ2n) is 8.16. The lowest BCUT2D eigenvalue weighted by Gasteiger charge is -2.49. The maximum Gasteiger partial charge on any atom is 0.0730 e. The second kappa shape index (κ2) is 6.55. The molecular weight excluding hydrogens is 260 g/mol. The van der Waals surface area contributed by atoms with Crippen LogP contribution in [0.4, 0.5) is 0 Å². The van der Waals surface area contributed by atoms with Crippen LogP contribution < -0.4 is 5.32 Å². The molecule has 0 bridgehead atoms. The van der Waals surface area contributed by atoms with Gasteiger partial charge in [-0.3, -0.25) is 4.90 Å². The SMILES string of the molecule is CNC1C(CN2CCOC3CCCCC32)CCCC1(C)C. The summed E-state index contributed by atoms with van der Waals surface area (Å²) < 4.78 is 6.04. The number of hydrogen-bond donors (Lipinski definition) is 1. The first-order valence-corrected chi connectivity index (χ1v) is 9.15. The van der Waals surface area contributed by atoms with Gasteiger partial charge in [-0.15, -0.1) is 0 Å². The molecule has 3 nitrogen and oxygen atoms in total. The Labute approximate surface area is 130 Å². The van der Waals surface area contributed by atoms with Crippen molar-refractivity contribution >= 4 is 0 Å². The van der Waals surface area contributed by atoms with E-state index in [0.717, 1.165) is 19.1 Å². The van der Waals surface area contributed by atoms with Gasteiger partial charge in [-0.05, 0) is 44.1 Å². The Balaban J connectivity index is 1.66. The average molecular weight is 294 g/mol. The Hall–Kier alpha value is -0.120. The molecule has 0 aromatic rings. The summed E-state index contributed by atoms with van der Waals surface area (Å²) in [5.41, 5.74) is 0.440. The molecule has 1 aliphatic heterocycles. The van der Waals surface area contributed by atoms with Crippen LogP contribution in [0.2, 0.25) is 0 Å². The Morgan fingerprint density at radius 1 is 1.14 bits per heavy atom. The number of hydrogen-bond acceptors (Lipinski definition) is 3. The summed E-state index contributed by atoms with van der Waals surface area (Å²) in [4.78, 5) is 2.78. The van der Waals surface area contributed by atoms with E-state index < -0.39 is 0 Å². The maximum absolute atomic E-state index is 6.04. The van der Waals surface area contributed by atoms with Crippen LogP contribution in [0, 0.1) is 11.3 Å². The van der Waals surface area contributed by atoms with Crippen molar-refractivity contribution in [1.29, 1.82) is 0 Å². The molecular formula is C18H34N2O. The van der Waals surface area contributed by atoms with Crippen LogP contribution >= 0.6 is 0 Å². The monoisotopic (exact) mass is 294 g/mol. The first-order valence-electron chi connectivity index (χ1n) is 9.15. The molecule has 1 N–H and O–H groups in total. The highest BCUT2D eigenvalue weighted by atomic mass is 16.5. The normalized spacial score (nSPS) is 40.7. The van der Waals surface area contributed by atoms with Crippen molar-refractivity contribution in [2.45, 2.75) is 77.0 Å². The molecule has 2 saturated carbocycles. The van der Waals surface area contributed by atoms with Gasteiger partial charge in [0.2, 0.25) is 0 Å². The quantitative estimate of drug-likeness (QED) is 0.866. The van der Waals surface area contributed by atoms with Crippen LogP contribution in [0.3, 0.4) is 0 Å². The molecule has 1 saturated heterocycles. The van der Waals surface area contributed by atoms with E-state index in [1.54, 1.807) is 0 Å². The van der Waals surface area contributed by atoms with Gasteiger partial charge in [-0.1, -0.05) is 33.1 Å². The molecule has 0 amide bonds. The molecule has 21 heavy (non-hydrogen) atoms. The zero-order valence-corrected chi connectivity index (χ0v) is 14.2. The maximum atomic E-state index is 6.04. The van der Waals surface area contributed by atoms with Crippen molar-refractivity contribution < 1.29 is 4.74 Å². The lowest BCUT2D eigenvalue weighted by atomic mass is 9.67. The summed E-state index contributed by atoms with van der Waals surface area (Å²) in [7, 11) is 2.16. The van der Waals surface area contributed by atoms with E-state index in [-0.39, 0.29) is 0 Å². The van der Waals surface area contributed by atoms with Crippen molar-refractivity contribution in [2.75, 3.05) is 26.7 Å². The predicted octanol–water partition coefficient (Wildman–Crippen LogP) is 3.04. The number of morpholine rings is 1. The zero-order valence-electron chi connectivity index (χ0n) is 14.2. The van der Waals surface area contributed by atoms with Crippen LogP contribution in [-0.2, 0) is 4.74 Å². The van der Waals surface area contributed by atoms with Crippen molar-refractivity contribution in [3.8, 4) is 0 Å². The smallest absolute Gasteiger partial charge is 0.0730 e. The van der Waals surface area contributed by atoms with E-state index in [0.29, 0.717) is 23.6 Å². The molecule has 0 aromatic heterocycles. The van der Waals surface area contributed by atoms with Crippen molar-refractivity contribution in [2.24, 2.45) is 11.3 Å². The van der Waals surface area contributed by atoms with Gasteiger partial charge in [0.1, 0.15) is 0 Å². The third-order valence-electron chi connectivity index (χ3n) is 6.34. The van der Waals surface area contributed by atoms with Crippen LogP contribution in [0.5, 0.6) is 0 Å². The highest BCUT2D eigenvalue weighted by molar-refractivity contribution is 4.96. The van der Waals surface area contributed by atoms with E-state index >= 15 is 0 Å². The zero-order chi connectivity index (χ0) is 14.9. The molecule has 4 atom stereocenters. The van der Waals surface area contributed by atoms with E-state index in [1.807, 2.05) is 0 Å². The van der Waals surface area contributed by atoms with Gasteiger partial charge in [-0.25, -0.2) is 0 Å². The Morgan fingerprint density at radius 2 is 1.95 bits per heavy atom. The topological polar surface area (TPSA) is 24.5 Å². The van der Waals surface area contributed by atoms with Gasteiger partial charge in [0.15, 0.2) is 0 Å². The minimum atomic E-state index is 0.440. The minimum Gasteiger partial charge on any atom is -0.375 e. The number of nitrogens with one attached hydrogen (secondary N) is 1. The highest BCUT2D eigenvalue weighted by Gasteiger charge is 2.41. The molecule has 3 heteroatoms. The molecule has 122 valence electrons. The van der Waals surface area contributed by atoms with Crippen molar-refractivity contribution in [3.05, 3.63) is 0 Å². The molecule has 0 radical (unpaired) electrons. The van der Waals surface area contributed by atoms with E-state index in [1.165, 1.54) is 51.5 Å². The predicted molar refractivity (Wildman–Crippen MR) is 87.5 cm³/mol. The fourth-order valence-corrected chi connectivity index (χ4v) is 5.31. The minimum absolute atomic E-state index is 0.440. The number of rotatable bonds is 3. The van der Waals surface area contributed by atoms with Gasteiger partial charge in [0.25, 0.3) is 0 Å². The molecule has 3 fully saturated rings. The van der Waals surface area contributed by atoms with Gasteiger partial charge < -0.3 is 10.1 Å². The molecule has 0 aromatic carbocycles. The fraction of sp³-hybridized carbons (Fsp3) is 1.00. The van der Waals surface area contributed by atoms with E-state index in [4.69, 9.17) is 4.74 Å². The summed E-state index contributed by atoms with van der Waals surface area (Å²) >= 11 is 0. The summed E-state index contributed by atoms with van der Waals surface area (Å²) in [6, 6.07) is 1.37. The third-order valence-corrected chi connectivity index (χ3v) is 6.34. The third kappa shape index (κ3) is 3.30. The molecule has 2 aliphatic carbocycles. The van der Waals surface area contributed by atoms with Crippen LogP contribution in [0.25, 0.3) is 0 Å². The standard InChI is InChI=1S/C18H34N2O/c1-18(2)10-6-7-14(17(18)19-3)13-20-11-12-21-16-9-5-4-8-15(16)20/h14-17,19H,4-13H2,1-3H3. The number of nitrogens with zero attached hydrogens (tertiary/aromatic N) is 1.